The zero-order valence-corrected chi connectivity index (χ0v) is 14.1. The molecule has 0 radical (unpaired) electrons. The maximum atomic E-state index is 12.6. The van der Waals surface area contributed by atoms with Gasteiger partial charge >= 0.3 is 0 Å². The number of nitrogens with one attached hydrogen (secondary N) is 1. The second-order valence-electron chi connectivity index (χ2n) is 6.45. The van der Waals surface area contributed by atoms with Crippen LogP contribution in [0, 0.1) is 19.3 Å². The molecule has 0 heterocycles. The van der Waals surface area contributed by atoms with Gasteiger partial charge in [0.15, 0.2) is 0 Å². The zero-order chi connectivity index (χ0) is 15.7. The molecule has 0 bridgehead atoms. The number of sulfonamides is 1. The van der Waals surface area contributed by atoms with Crippen LogP contribution in [0.5, 0.6) is 0 Å². The molecule has 0 saturated heterocycles. The molecule has 0 spiro atoms. The van der Waals surface area contributed by atoms with Gasteiger partial charge in [-0.15, -0.1) is 0 Å². The fourth-order valence-corrected chi connectivity index (χ4v) is 3.59. The quantitative estimate of drug-likeness (QED) is 0.897. The third-order valence-corrected chi connectivity index (χ3v) is 5.50. The van der Waals surface area contributed by atoms with E-state index in [4.69, 9.17) is 5.73 Å². The van der Waals surface area contributed by atoms with Crippen LogP contribution < -0.4 is 10.5 Å². The van der Waals surface area contributed by atoms with E-state index in [0.717, 1.165) is 16.7 Å². The van der Waals surface area contributed by atoms with E-state index in [1.165, 1.54) is 0 Å². The lowest BCUT2D eigenvalue weighted by Crippen LogP contribution is -2.41. The first kappa shape index (κ1) is 17.1. The van der Waals surface area contributed by atoms with Crippen LogP contribution in [0.2, 0.25) is 0 Å². The molecule has 0 amide bonds. The van der Waals surface area contributed by atoms with Crippen molar-refractivity contribution in [2.24, 2.45) is 11.1 Å². The molecule has 5 heteroatoms. The Labute approximate surface area is 122 Å². The molecule has 1 aromatic rings. The SMILES string of the molecule is Cc1cc(CN)cc(S(=O)(=O)NC(C)C(C)(C)C)c1C. The summed E-state index contributed by atoms with van der Waals surface area (Å²) in [5.41, 5.74) is 8.04. The van der Waals surface area contributed by atoms with E-state index in [1.54, 1.807) is 6.07 Å². The van der Waals surface area contributed by atoms with Crippen LogP contribution in [0.25, 0.3) is 0 Å². The average molecular weight is 298 g/mol. The Bertz CT molecular complexity index is 587. The summed E-state index contributed by atoms with van der Waals surface area (Å²) in [5.74, 6) is 0. The molecule has 1 atom stereocenters. The van der Waals surface area contributed by atoms with E-state index in [0.29, 0.717) is 11.4 Å². The van der Waals surface area contributed by atoms with E-state index < -0.39 is 10.0 Å². The highest BCUT2D eigenvalue weighted by Gasteiger charge is 2.27. The Morgan fingerprint density at radius 2 is 1.80 bits per heavy atom. The van der Waals surface area contributed by atoms with Gasteiger partial charge in [-0.2, -0.15) is 0 Å². The number of hydrogen-bond acceptors (Lipinski definition) is 3. The van der Waals surface area contributed by atoms with Crippen molar-refractivity contribution in [1.29, 1.82) is 0 Å². The molecule has 1 aromatic carbocycles. The molecule has 0 aliphatic heterocycles. The molecule has 0 aromatic heterocycles. The van der Waals surface area contributed by atoms with Crippen molar-refractivity contribution in [3.05, 3.63) is 28.8 Å². The van der Waals surface area contributed by atoms with Crippen molar-refractivity contribution >= 4 is 10.0 Å². The van der Waals surface area contributed by atoms with Gasteiger partial charge in [0.2, 0.25) is 10.0 Å². The monoisotopic (exact) mass is 298 g/mol. The molecule has 4 nitrogen and oxygen atoms in total. The van der Waals surface area contributed by atoms with E-state index in [9.17, 15) is 8.42 Å². The van der Waals surface area contributed by atoms with Crippen molar-refractivity contribution < 1.29 is 8.42 Å². The van der Waals surface area contributed by atoms with Gasteiger partial charge in [-0.1, -0.05) is 26.8 Å². The molecule has 0 fully saturated rings. The molecular formula is C15H26N2O2S. The van der Waals surface area contributed by atoms with Crippen molar-refractivity contribution in [3.63, 3.8) is 0 Å². The molecule has 0 aliphatic rings. The minimum absolute atomic E-state index is 0.137. The second-order valence-corrected chi connectivity index (χ2v) is 8.13. The first-order chi connectivity index (χ1) is 8.99. The van der Waals surface area contributed by atoms with Crippen molar-refractivity contribution in [3.8, 4) is 0 Å². The Morgan fingerprint density at radius 1 is 1.25 bits per heavy atom. The third-order valence-electron chi connectivity index (χ3n) is 3.84. The van der Waals surface area contributed by atoms with Gasteiger partial charge in [0.1, 0.15) is 0 Å². The fraction of sp³-hybridized carbons (Fsp3) is 0.600. The molecular weight excluding hydrogens is 272 g/mol. The Balaban J connectivity index is 3.26. The minimum Gasteiger partial charge on any atom is -0.326 e. The number of benzene rings is 1. The highest BCUT2D eigenvalue weighted by Crippen LogP contribution is 2.24. The lowest BCUT2D eigenvalue weighted by molar-refractivity contribution is 0.317. The summed E-state index contributed by atoms with van der Waals surface area (Å²) in [6.07, 6.45) is 0. The Morgan fingerprint density at radius 3 is 2.25 bits per heavy atom. The maximum absolute atomic E-state index is 12.6. The predicted octanol–water partition coefficient (Wildman–Crippen LogP) is 2.48. The van der Waals surface area contributed by atoms with Gasteiger partial charge in [0.05, 0.1) is 4.90 Å². The summed E-state index contributed by atoms with van der Waals surface area (Å²) in [7, 11) is -3.53. The van der Waals surface area contributed by atoms with Crippen LogP contribution >= 0.6 is 0 Å². The first-order valence-electron chi connectivity index (χ1n) is 6.81. The van der Waals surface area contributed by atoms with Crippen LogP contribution in [0.1, 0.15) is 44.4 Å². The lowest BCUT2D eigenvalue weighted by Gasteiger charge is -2.28. The van der Waals surface area contributed by atoms with Gasteiger partial charge in [0.25, 0.3) is 0 Å². The van der Waals surface area contributed by atoms with Crippen LogP contribution in [0.15, 0.2) is 17.0 Å². The van der Waals surface area contributed by atoms with Crippen LogP contribution in [-0.4, -0.2) is 14.5 Å². The molecule has 0 saturated carbocycles. The van der Waals surface area contributed by atoms with Crippen LogP contribution in [-0.2, 0) is 16.6 Å². The first-order valence-corrected chi connectivity index (χ1v) is 8.30. The number of aryl methyl sites for hydroxylation is 1. The molecule has 1 unspecified atom stereocenters. The standard InChI is InChI=1S/C15H26N2O2S/c1-10-7-13(9-16)8-14(11(10)2)20(18,19)17-12(3)15(4,5)6/h7-8,12,17H,9,16H2,1-6H3. The van der Waals surface area contributed by atoms with E-state index in [1.807, 2.05) is 47.6 Å². The molecule has 0 aliphatic carbocycles. The summed E-state index contributed by atoms with van der Waals surface area (Å²) in [4.78, 5) is 0.328. The minimum atomic E-state index is -3.53. The Hall–Kier alpha value is -0.910. The number of nitrogens with two attached hydrogens (primary N) is 1. The summed E-state index contributed by atoms with van der Waals surface area (Å²) in [5, 5.41) is 0. The summed E-state index contributed by atoms with van der Waals surface area (Å²) >= 11 is 0. The highest BCUT2D eigenvalue weighted by molar-refractivity contribution is 7.89. The van der Waals surface area contributed by atoms with Crippen molar-refractivity contribution in [1.82, 2.24) is 4.72 Å². The zero-order valence-electron chi connectivity index (χ0n) is 13.2. The topological polar surface area (TPSA) is 72.2 Å². The second kappa shape index (κ2) is 5.84. The Kier molecular flexibility index (Phi) is 5.00. The van der Waals surface area contributed by atoms with Gasteiger partial charge in [-0.3, -0.25) is 0 Å². The average Bonchev–Trinajstić information content (AvgIpc) is 2.30. The van der Waals surface area contributed by atoms with Gasteiger partial charge in [-0.05, 0) is 48.9 Å². The number of hydrogen-bond donors (Lipinski definition) is 2. The van der Waals surface area contributed by atoms with Crippen molar-refractivity contribution in [2.45, 2.75) is 59.0 Å². The summed E-state index contributed by atoms with van der Waals surface area (Å²) < 4.78 is 27.9. The van der Waals surface area contributed by atoms with E-state index in [-0.39, 0.29) is 11.5 Å². The van der Waals surface area contributed by atoms with Gasteiger partial charge in [0, 0.05) is 12.6 Å². The van der Waals surface area contributed by atoms with E-state index >= 15 is 0 Å². The van der Waals surface area contributed by atoms with Gasteiger partial charge < -0.3 is 5.73 Å². The predicted molar refractivity (Wildman–Crippen MR) is 83.0 cm³/mol. The summed E-state index contributed by atoms with van der Waals surface area (Å²) in [6, 6.07) is 3.44. The molecule has 20 heavy (non-hydrogen) atoms. The summed E-state index contributed by atoms with van der Waals surface area (Å²) in [6.45, 7) is 12.0. The van der Waals surface area contributed by atoms with Crippen LogP contribution in [0.3, 0.4) is 0 Å². The van der Waals surface area contributed by atoms with Crippen LogP contribution in [0.4, 0.5) is 0 Å². The normalized spacial score (nSPS) is 14.3. The molecule has 114 valence electrons. The highest BCUT2D eigenvalue weighted by atomic mass is 32.2. The van der Waals surface area contributed by atoms with E-state index in [2.05, 4.69) is 4.72 Å². The molecule has 1 rings (SSSR count). The molecule has 3 N–H and O–H groups in total. The van der Waals surface area contributed by atoms with Gasteiger partial charge in [-0.25, -0.2) is 13.1 Å². The smallest absolute Gasteiger partial charge is 0.241 e. The largest absolute Gasteiger partial charge is 0.326 e. The fourth-order valence-electron chi connectivity index (χ4n) is 1.77. The number of rotatable bonds is 4. The maximum Gasteiger partial charge on any atom is 0.241 e. The van der Waals surface area contributed by atoms with Crippen molar-refractivity contribution in [2.75, 3.05) is 0 Å². The lowest BCUT2D eigenvalue weighted by atomic mass is 9.89. The third kappa shape index (κ3) is 3.81.